The highest BCUT2D eigenvalue weighted by Crippen LogP contribution is 2.20. The second-order valence-corrected chi connectivity index (χ2v) is 6.72. The maximum Gasteiger partial charge on any atom is 0.268 e. The van der Waals surface area contributed by atoms with Crippen molar-refractivity contribution in [1.29, 1.82) is 0 Å². The summed E-state index contributed by atoms with van der Waals surface area (Å²) in [6.45, 7) is 5.99. The van der Waals surface area contributed by atoms with E-state index >= 15 is 0 Å². The zero-order valence-electron chi connectivity index (χ0n) is 13.1. The van der Waals surface area contributed by atoms with Crippen molar-refractivity contribution in [3.05, 3.63) is 46.4 Å². The first-order valence-electron chi connectivity index (χ1n) is 7.34. The normalized spacial score (nSPS) is 13.1. The van der Waals surface area contributed by atoms with Gasteiger partial charge in [-0.15, -0.1) is 0 Å². The highest BCUT2D eigenvalue weighted by molar-refractivity contribution is 5.96. The summed E-state index contributed by atoms with van der Waals surface area (Å²) in [4.78, 5) is 26.9. The van der Waals surface area contributed by atoms with E-state index in [1.165, 1.54) is 0 Å². The number of pyridine rings is 1. The van der Waals surface area contributed by atoms with E-state index < -0.39 is 0 Å². The minimum Gasteiger partial charge on any atom is -0.394 e. The second-order valence-electron chi connectivity index (χ2n) is 6.72. The van der Waals surface area contributed by atoms with E-state index in [2.05, 4.69) is 10.3 Å². The van der Waals surface area contributed by atoms with E-state index in [0.29, 0.717) is 17.2 Å². The van der Waals surface area contributed by atoms with Crippen molar-refractivity contribution in [2.24, 2.45) is 5.41 Å². The SMILES string of the molecule is CC(C)(C)CC(CO)NC(=O)c1cc2ccccc2c(=O)[nH]1. The number of aromatic amines is 1. The van der Waals surface area contributed by atoms with Crippen LogP contribution in [0.25, 0.3) is 10.8 Å². The largest absolute Gasteiger partial charge is 0.394 e. The Morgan fingerprint density at radius 2 is 2.00 bits per heavy atom. The van der Waals surface area contributed by atoms with E-state index in [1.54, 1.807) is 24.3 Å². The van der Waals surface area contributed by atoms with Crippen LogP contribution >= 0.6 is 0 Å². The van der Waals surface area contributed by atoms with Crippen LogP contribution in [0.1, 0.15) is 37.7 Å². The fourth-order valence-corrected chi connectivity index (χ4v) is 2.50. The fraction of sp³-hybridized carbons (Fsp3) is 0.412. The van der Waals surface area contributed by atoms with Gasteiger partial charge in [0, 0.05) is 5.39 Å². The standard InChI is InChI=1S/C17H22N2O3/c1-17(2,3)9-12(10-20)18-16(22)14-8-11-6-4-5-7-13(11)15(21)19-14/h4-8,12,20H,9-10H2,1-3H3,(H,18,22)(H,19,21). The molecule has 0 aliphatic carbocycles. The fourth-order valence-electron chi connectivity index (χ4n) is 2.50. The first kappa shape index (κ1) is 16.2. The van der Waals surface area contributed by atoms with Crippen molar-refractivity contribution >= 4 is 16.7 Å². The molecule has 1 unspecified atom stereocenters. The molecule has 22 heavy (non-hydrogen) atoms. The molecule has 2 aromatic rings. The van der Waals surface area contributed by atoms with Crippen LogP contribution in [0, 0.1) is 5.41 Å². The summed E-state index contributed by atoms with van der Waals surface area (Å²) < 4.78 is 0. The molecule has 0 saturated carbocycles. The van der Waals surface area contributed by atoms with E-state index in [1.807, 2.05) is 26.8 Å². The summed E-state index contributed by atoms with van der Waals surface area (Å²) in [6.07, 6.45) is 0.646. The van der Waals surface area contributed by atoms with Crippen molar-refractivity contribution in [3.8, 4) is 0 Å². The number of carbonyl (C=O) groups is 1. The Morgan fingerprint density at radius 1 is 1.32 bits per heavy atom. The van der Waals surface area contributed by atoms with Gasteiger partial charge in [0.2, 0.25) is 0 Å². The van der Waals surface area contributed by atoms with E-state index in [0.717, 1.165) is 0 Å². The summed E-state index contributed by atoms with van der Waals surface area (Å²) in [5.74, 6) is -0.383. The lowest BCUT2D eigenvalue weighted by Gasteiger charge is -2.25. The molecule has 0 radical (unpaired) electrons. The first-order valence-corrected chi connectivity index (χ1v) is 7.34. The number of hydrogen-bond acceptors (Lipinski definition) is 3. The molecule has 1 aromatic carbocycles. The highest BCUT2D eigenvalue weighted by atomic mass is 16.3. The highest BCUT2D eigenvalue weighted by Gasteiger charge is 2.21. The molecule has 0 saturated heterocycles. The maximum atomic E-state index is 12.3. The van der Waals surface area contributed by atoms with Crippen LogP contribution < -0.4 is 10.9 Å². The van der Waals surface area contributed by atoms with E-state index in [4.69, 9.17) is 0 Å². The number of aliphatic hydroxyl groups excluding tert-OH is 1. The summed E-state index contributed by atoms with van der Waals surface area (Å²) in [5.41, 5.74) is -0.104. The van der Waals surface area contributed by atoms with Gasteiger partial charge in [-0.3, -0.25) is 9.59 Å². The quantitative estimate of drug-likeness (QED) is 0.808. The molecule has 1 amide bonds. The Labute approximate surface area is 129 Å². The van der Waals surface area contributed by atoms with Crippen LogP contribution in [-0.2, 0) is 0 Å². The molecule has 5 nitrogen and oxygen atoms in total. The van der Waals surface area contributed by atoms with Crippen molar-refractivity contribution in [1.82, 2.24) is 10.3 Å². The molecular weight excluding hydrogens is 280 g/mol. The summed E-state index contributed by atoms with van der Waals surface area (Å²) in [6, 6.07) is 8.41. The van der Waals surface area contributed by atoms with Gasteiger partial charge in [0.15, 0.2) is 0 Å². The number of nitrogens with one attached hydrogen (secondary N) is 2. The Hall–Kier alpha value is -2.14. The Morgan fingerprint density at radius 3 is 2.64 bits per heavy atom. The number of H-pyrrole nitrogens is 1. The second kappa shape index (κ2) is 6.32. The number of aliphatic hydroxyl groups is 1. The van der Waals surface area contributed by atoms with Gasteiger partial charge in [-0.05, 0) is 29.4 Å². The van der Waals surface area contributed by atoms with Gasteiger partial charge in [0.1, 0.15) is 5.69 Å². The molecule has 3 N–H and O–H groups in total. The third-order valence-corrected chi connectivity index (χ3v) is 3.41. The zero-order valence-corrected chi connectivity index (χ0v) is 13.1. The maximum absolute atomic E-state index is 12.3. The van der Waals surface area contributed by atoms with Crippen LogP contribution in [0.5, 0.6) is 0 Å². The lowest BCUT2D eigenvalue weighted by atomic mass is 9.88. The van der Waals surface area contributed by atoms with Crippen LogP contribution in [0.3, 0.4) is 0 Å². The smallest absolute Gasteiger partial charge is 0.268 e. The topological polar surface area (TPSA) is 82.2 Å². The number of rotatable bonds is 4. The molecular formula is C17H22N2O3. The molecule has 0 bridgehead atoms. The molecule has 2 rings (SSSR count). The monoisotopic (exact) mass is 302 g/mol. The minimum absolute atomic E-state index is 0.0164. The predicted molar refractivity (Wildman–Crippen MR) is 87.0 cm³/mol. The number of amides is 1. The lowest BCUT2D eigenvalue weighted by Crippen LogP contribution is -2.40. The zero-order chi connectivity index (χ0) is 16.3. The molecule has 0 fully saturated rings. The van der Waals surface area contributed by atoms with Gasteiger partial charge in [-0.2, -0.15) is 0 Å². The van der Waals surface area contributed by atoms with Gasteiger partial charge < -0.3 is 15.4 Å². The number of fused-ring (bicyclic) bond motifs is 1. The Kier molecular flexibility index (Phi) is 4.66. The van der Waals surface area contributed by atoms with Crippen LogP contribution in [-0.4, -0.2) is 28.6 Å². The Bertz CT molecular complexity index is 728. The number of hydrogen-bond donors (Lipinski definition) is 3. The first-order chi connectivity index (χ1) is 10.3. The molecule has 1 aromatic heterocycles. The molecule has 0 aliphatic rings. The van der Waals surface area contributed by atoms with E-state index in [9.17, 15) is 14.7 Å². The van der Waals surface area contributed by atoms with Gasteiger partial charge >= 0.3 is 0 Å². The van der Waals surface area contributed by atoms with Crippen molar-refractivity contribution in [3.63, 3.8) is 0 Å². The van der Waals surface area contributed by atoms with Gasteiger partial charge in [0.25, 0.3) is 11.5 Å². The van der Waals surface area contributed by atoms with Crippen molar-refractivity contribution < 1.29 is 9.90 Å². The number of benzene rings is 1. The lowest BCUT2D eigenvalue weighted by molar-refractivity contribution is 0.0892. The molecule has 0 spiro atoms. The van der Waals surface area contributed by atoms with E-state index in [-0.39, 0.29) is 35.2 Å². The minimum atomic E-state index is -0.383. The van der Waals surface area contributed by atoms with Gasteiger partial charge in [-0.1, -0.05) is 39.0 Å². The third kappa shape index (κ3) is 3.95. The number of aromatic nitrogens is 1. The van der Waals surface area contributed by atoms with Crippen molar-refractivity contribution in [2.45, 2.75) is 33.2 Å². The summed E-state index contributed by atoms with van der Waals surface area (Å²) in [5, 5.41) is 13.5. The summed E-state index contributed by atoms with van der Waals surface area (Å²) >= 11 is 0. The average Bonchev–Trinajstić information content (AvgIpc) is 2.45. The Balaban J connectivity index is 2.24. The number of carbonyl (C=O) groups excluding carboxylic acids is 1. The molecule has 1 atom stereocenters. The van der Waals surface area contributed by atoms with Crippen molar-refractivity contribution in [2.75, 3.05) is 6.61 Å². The molecule has 0 aliphatic heterocycles. The molecule has 5 heteroatoms. The predicted octanol–water partition coefficient (Wildman–Crippen LogP) is 2.06. The van der Waals surface area contributed by atoms with Gasteiger partial charge in [0.05, 0.1) is 12.6 Å². The third-order valence-electron chi connectivity index (χ3n) is 3.41. The molecule has 118 valence electrons. The van der Waals surface area contributed by atoms with Crippen LogP contribution in [0.4, 0.5) is 0 Å². The van der Waals surface area contributed by atoms with Gasteiger partial charge in [-0.25, -0.2) is 0 Å². The average molecular weight is 302 g/mol. The summed E-state index contributed by atoms with van der Waals surface area (Å²) in [7, 11) is 0. The molecule has 1 heterocycles. The van der Waals surface area contributed by atoms with Crippen LogP contribution in [0.2, 0.25) is 0 Å². The van der Waals surface area contributed by atoms with Crippen LogP contribution in [0.15, 0.2) is 35.1 Å².